The number of imidazole rings is 1. The van der Waals surface area contributed by atoms with Crippen molar-refractivity contribution in [2.75, 3.05) is 5.32 Å². The highest BCUT2D eigenvalue weighted by molar-refractivity contribution is 6.36. The van der Waals surface area contributed by atoms with Crippen molar-refractivity contribution in [3.8, 4) is 6.07 Å². The summed E-state index contributed by atoms with van der Waals surface area (Å²) in [6, 6.07) is 20.1. The molecule has 0 aliphatic heterocycles. The Hall–Kier alpha value is -3.77. The molecule has 0 bridgehead atoms. The second kappa shape index (κ2) is 11.5. The molecule has 4 rings (SSSR count). The van der Waals surface area contributed by atoms with Crippen LogP contribution in [0.15, 0.2) is 90.4 Å². The van der Waals surface area contributed by atoms with Crippen LogP contribution in [0.1, 0.15) is 21.5 Å². The minimum Gasteiger partial charge on any atom is -0.336 e. The van der Waals surface area contributed by atoms with Crippen molar-refractivity contribution in [3.63, 3.8) is 0 Å². The van der Waals surface area contributed by atoms with E-state index in [-0.39, 0.29) is 18.1 Å². The molecule has 0 unspecified atom stereocenters. The number of rotatable bonds is 6. The smallest absolute Gasteiger partial charge is 0.258 e. The van der Waals surface area contributed by atoms with Gasteiger partial charge >= 0.3 is 0 Å². The average Bonchev–Trinajstić information content (AvgIpc) is 3.38. The van der Waals surface area contributed by atoms with Gasteiger partial charge in [-0.05, 0) is 60.2 Å². The lowest BCUT2D eigenvalue weighted by Crippen LogP contribution is -2.41. The summed E-state index contributed by atoms with van der Waals surface area (Å²) < 4.78 is 1.74. The number of guanidine groups is 1. The Labute approximate surface area is 230 Å². The molecule has 0 saturated carbocycles. The Kier molecular flexibility index (Phi) is 8.19. The fourth-order valence-corrected chi connectivity index (χ4v) is 4.24. The number of carbonyl (C=O) groups is 1. The maximum atomic E-state index is 13.2. The van der Waals surface area contributed by atoms with E-state index in [4.69, 9.17) is 47.6 Å². The van der Waals surface area contributed by atoms with Gasteiger partial charge in [-0.1, -0.05) is 46.9 Å². The van der Waals surface area contributed by atoms with Gasteiger partial charge in [0.1, 0.15) is 7.85 Å². The van der Waals surface area contributed by atoms with E-state index in [1.807, 2.05) is 6.07 Å². The van der Waals surface area contributed by atoms with Gasteiger partial charge in [-0.15, -0.1) is 0 Å². The molecule has 0 aliphatic rings. The predicted octanol–water partition coefficient (Wildman–Crippen LogP) is 5.63. The monoisotopic (exact) mass is 546 g/mol. The van der Waals surface area contributed by atoms with E-state index in [1.54, 1.807) is 84.0 Å². The lowest BCUT2D eigenvalue weighted by atomic mass is 9.72. The molecule has 1 heterocycles. The Morgan fingerprint density at radius 1 is 1.08 bits per heavy atom. The van der Waals surface area contributed by atoms with Crippen molar-refractivity contribution in [1.82, 2.24) is 14.9 Å². The molecular weight excluding hydrogens is 529 g/mol. The SMILES string of the molecule is [B][C@](Cn1ccnc1)(N=C(NC(=O)c1cccc(C#N)c1)Nc1ccc(Cl)cc1)c1ccc(Cl)cc1Cl. The van der Waals surface area contributed by atoms with E-state index in [1.165, 1.54) is 6.07 Å². The highest BCUT2D eigenvalue weighted by Gasteiger charge is 2.30. The Morgan fingerprint density at radius 2 is 1.84 bits per heavy atom. The van der Waals surface area contributed by atoms with Gasteiger partial charge in [0.2, 0.25) is 5.96 Å². The molecule has 2 N–H and O–H groups in total. The average molecular weight is 548 g/mol. The van der Waals surface area contributed by atoms with Gasteiger partial charge < -0.3 is 9.88 Å². The minimum absolute atomic E-state index is 0.0447. The number of halogens is 3. The van der Waals surface area contributed by atoms with Crippen LogP contribution in [-0.2, 0) is 12.0 Å². The first-order valence-electron chi connectivity index (χ1n) is 10.9. The number of nitrogens with zero attached hydrogens (tertiary/aromatic N) is 4. The summed E-state index contributed by atoms with van der Waals surface area (Å²) in [5.74, 6) is -0.451. The number of hydrogen-bond acceptors (Lipinski definition) is 4. The van der Waals surface area contributed by atoms with Crippen molar-refractivity contribution < 1.29 is 4.79 Å². The first-order valence-corrected chi connectivity index (χ1v) is 12.0. The van der Waals surface area contributed by atoms with Gasteiger partial charge in [0.25, 0.3) is 5.91 Å². The quantitative estimate of drug-likeness (QED) is 0.186. The van der Waals surface area contributed by atoms with E-state index < -0.39 is 11.3 Å². The normalized spacial score (nSPS) is 12.9. The highest BCUT2D eigenvalue weighted by atomic mass is 35.5. The van der Waals surface area contributed by atoms with E-state index >= 15 is 0 Å². The molecule has 0 fully saturated rings. The largest absolute Gasteiger partial charge is 0.336 e. The summed E-state index contributed by atoms with van der Waals surface area (Å²) in [6.07, 6.45) is 4.95. The minimum atomic E-state index is -1.46. The zero-order valence-electron chi connectivity index (χ0n) is 19.2. The maximum absolute atomic E-state index is 13.2. The molecule has 1 aromatic heterocycles. The lowest BCUT2D eigenvalue weighted by Gasteiger charge is -2.29. The number of carbonyl (C=O) groups excluding carboxylic acids is 1. The van der Waals surface area contributed by atoms with Crippen LogP contribution < -0.4 is 10.6 Å². The predicted molar refractivity (Wildman–Crippen MR) is 147 cm³/mol. The molecule has 1 amide bonds. The molecule has 0 saturated heterocycles. The highest BCUT2D eigenvalue weighted by Crippen LogP contribution is 2.33. The van der Waals surface area contributed by atoms with Gasteiger partial charge in [0.15, 0.2) is 0 Å². The zero-order valence-corrected chi connectivity index (χ0v) is 21.5. The van der Waals surface area contributed by atoms with Crippen molar-refractivity contribution in [1.29, 1.82) is 5.26 Å². The van der Waals surface area contributed by atoms with Crippen molar-refractivity contribution >= 4 is 60.2 Å². The number of amides is 1. The van der Waals surface area contributed by atoms with Crippen LogP contribution in [0.2, 0.25) is 15.1 Å². The molecule has 37 heavy (non-hydrogen) atoms. The van der Waals surface area contributed by atoms with Gasteiger partial charge in [-0.25, -0.2) is 9.98 Å². The maximum Gasteiger partial charge on any atom is 0.258 e. The Balaban J connectivity index is 1.79. The molecule has 1 atom stereocenters. The van der Waals surface area contributed by atoms with Crippen molar-refractivity contribution in [2.45, 2.75) is 12.0 Å². The topological polar surface area (TPSA) is 95.1 Å². The molecule has 3 aromatic carbocycles. The fraction of sp³-hybridized carbons (Fsp3) is 0.0769. The molecule has 2 radical (unpaired) electrons. The summed E-state index contributed by atoms with van der Waals surface area (Å²) in [5.41, 5.74) is 0.230. The molecular formula is C26H18BCl3N6O. The van der Waals surface area contributed by atoms with Gasteiger partial charge in [0.05, 0.1) is 23.4 Å². The van der Waals surface area contributed by atoms with Gasteiger partial charge in [0, 0.05) is 45.3 Å². The standard InChI is InChI=1S/C26H18BCl3N6O/c27-26(15-36-11-10-32-16-36,22-9-6-20(29)13-23(22)30)35-25(33-21-7-4-19(28)5-8-21)34-24(37)18-3-1-2-17(12-18)14-31/h1-13,16H,15H2,(H2,33,34,35,37)/t26-/m1/s1. The van der Waals surface area contributed by atoms with Crippen molar-refractivity contribution in [3.05, 3.63) is 117 Å². The van der Waals surface area contributed by atoms with E-state index in [0.717, 1.165) is 0 Å². The number of nitrogens with one attached hydrogen (secondary N) is 2. The first-order chi connectivity index (χ1) is 17.8. The van der Waals surface area contributed by atoms with Crippen LogP contribution in [0.25, 0.3) is 0 Å². The molecule has 0 aliphatic carbocycles. The number of aliphatic imine (C=N–C) groups is 1. The number of benzene rings is 3. The van der Waals surface area contributed by atoms with Crippen LogP contribution in [0, 0.1) is 11.3 Å². The molecule has 11 heteroatoms. The summed E-state index contributed by atoms with van der Waals surface area (Å²) in [7, 11) is 6.88. The van der Waals surface area contributed by atoms with E-state index in [2.05, 4.69) is 15.6 Å². The third kappa shape index (κ3) is 6.72. The van der Waals surface area contributed by atoms with Crippen LogP contribution >= 0.6 is 34.8 Å². The van der Waals surface area contributed by atoms with Crippen LogP contribution in [0.3, 0.4) is 0 Å². The van der Waals surface area contributed by atoms with E-state index in [0.29, 0.717) is 31.9 Å². The molecule has 182 valence electrons. The zero-order chi connectivity index (χ0) is 26.4. The number of aromatic nitrogens is 2. The summed E-state index contributed by atoms with van der Waals surface area (Å²) in [5, 5.41) is 16.4. The summed E-state index contributed by atoms with van der Waals surface area (Å²) in [4.78, 5) is 22.0. The van der Waals surface area contributed by atoms with Crippen molar-refractivity contribution in [2.24, 2.45) is 4.99 Å². The van der Waals surface area contributed by atoms with Gasteiger partial charge in [-0.2, -0.15) is 5.26 Å². The lowest BCUT2D eigenvalue weighted by molar-refractivity contribution is 0.0976. The van der Waals surface area contributed by atoms with Gasteiger partial charge in [-0.3, -0.25) is 10.1 Å². The number of anilines is 1. The third-order valence-corrected chi connectivity index (χ3v) is 6.08. The molecule has 4 aromatic rings. The number of nitriles is 1. The second-order valence-corrected chi connectivity index (χ2v) is 9.30. The van der Waals surface area contributed by atoms with Crippen LogP contribution in [0.4, 0.5) is 5.69 Å². The number of hydrogen-bond donors (Lipinski definition) is 2. The summed E-state index contributed by atoms with van der Waals surface area (Å²) in [6.45, 7) is 0.139. The molecule has 0 spiro atoms. The third-order valence-electron chi connectivity index (χ3n) is 5.28. The van der Waals surface area contributed by atoms with E-state index in [9.17, 15) is 10.1 Å². The fourth-order valence-electron chi connectivity index (χ4n) is 3.55. The Morgan fingerprint density at radius 3 is 2.51 bits per heavy atom. The van der Waals surface area contributed by atoms with Crippen LogP contribution in [-0.4, -0.2) is 29.3 Å². The summed E-state index contributed by atoms with van der Waals surface area (Å²) >= 11 is 18.7. The van der Waals surface area contributed by atoms with Crippen LogP contribution in [0.5, 0.6) is 0 Å². The molecule has 7 nitrogen and oxygen atoms in total. The second-order valence-electron chi connectivity index (χ2n) is 8.02. The first kappa shape index (κ1) is 26.3. The Bertz CT molecular complexity index is 1490.